The second kappa shape index (κ2) is 14.2. The lowest BCUT2D eigenvalue weighted by Gasteiger charge is -2.30. The van der Waals surface area contributed by atoms with Crippen LogP contribution in [0, 0.1) is 11.6 Å². The van der Waals surface area contributed by atoms with Crippen LogP contribution in [0.25, 0.3) is 11.1 Å². The molecule has 0 aliphatic rings. The Bertz CT molecular complexity index is 1560. The normalized spacial score (nSPS) is 11.5. The van der Waals surface area contributed by atoms with E-state index in [9.17, 15) is 28.3 Å². The van der Waals surface area contributed by atoms with E-state index in [4.69, 9.17) is 0 Å². The number of benzene rings is 4. The van der Waals surface area contributed by atoms with E-state index < -0.39 is 23.5 Å². The highest BCUT2D eigenvalue weighted by molar-refractivity contribution is 6.06. The van der Waals surface area contributed by atoms with Crippen molar-refractivity contribution in [3.05, 3.63) is 131 Å². The monoisotopic (exact) mass is 570 g/mol. The summed E-state index contributed by atoms with van der Waals surface area (Å²) in [6.07, 6.45) is 1.14. The van der Waals surface area contributed by atoms with E-state index in [1.807, 2.05) is 37.3 Å². The average molecular weight is 571 g/mol. The number of aliphatic carboxylic acids is 1. The molecule has 0 radical (unpaired) electrons. The lowest BCUT2D eigenvalue weighted by molar-refractivity contribution is -0.137. The van der Waals surface area contributed by atoms with Gasteiger partial charge in [0.05, 0.1) is 6.42 Å². The fraction of sp³-hybridized carbons (Fsp3) is 0.206. The SMILES string of the molecule is CC(CCc1ccccc1)N(CCC(=O)O)C(=O)c1ccccc1-c1ccccc1C(=O)NCc1cc(F)ccc1F. The van der Waals surface area contributed by atoms with Gasteiger partial charge in [-0.3, -0.25) is 14.4 Å². The van der Waals surface area contributed by atoms with Gasteiger partial charge >= 0.3 is 5.97 Å². The Morgan fingerprint density at radius 2 is 1.45 bits per heavy atom. The number of hydrogen-bond donors (Lipinski definition) is 2. The van der Waals surface area contributed by atoms with Crippen LogP contribution in [0.2, 0.25) is 0 Å². The molecule has 0 fully saturated rings. The molecule has 1 unspecified atom stereocenters. The Labute approximate surface area is 243 Å². The molecule has 0 saturated heterocycles. The average Bonchev–Trinajstić information content (AvgIpc) is 3.00. The Morgan fingerprint density at radius 3 is 2.14 bits per heavy atom. The smallest absolute Gasteiger partial charge is 0.305 e. The Hall–Kier alpha value is -4.85. The van der Waals surface area contributed by atoms with Crippen molar-refractivity contribution in [2.24, 2.45) is 0 Å². The first-order valence-electron chi connectivity index (χ1n) is 13.7. The van der Waals surface area contributed by atoms with Gasteiger partial charge in [0.15, 0.2) is 0 Å². The summed E-state index contributed by atoms with van der Waals surface area (Å²) in [5.74, 6) is -3.12. The summed E-state index contributed by atoms with van der Waals surface area (Å²) in [6, 6.07) is 26.2. The molecule has 2 N–H and O–H groups in total. The van der Waals surface area contributed by atoms with Gasteiger partial charge in [0, 0.05) is 35.8 Å². The fourth-order valence-electron chi connectivity index (χ4n) is 4.84. The number of carboxylic acid groups (broad SMARTS) is 1. The molecular weight excluding hydrogens is 538 g/mol. The maximum atomic E-state index is 14.1. The molecule has 0 spiro atoms. The minimum atomic E-state index is -1.01. The van der Waals surface area contributed by atoms with Gasteiger partial charge in [0.25, 0.3) is 11.8 Å². The van der Waals surface area contributed by atoms with Gasteiger partial charge in [0.2, 0.25) is 0 Å². The number of nitrogens with zero attached hydrogens (tertiary/aromatic N) is 1. The number of rotatable bonds is 12. The molecular formula is C34H32F2N2O4. The number of hydrogen-bond acceptors (Lipinski definition) is 3. The molecule has 0 heterocycles. The Balaban J connectivity index is 1.61. The third-order valence-electron chi connectivity index (χ3n) is 7.12. The zero-order valence-corrected chi connectivity index (χ0v) is 23.2. The van der Waals surface area contributed by atoms with E-state index in [1.165, 1.54) is 0 Å². The molecule has 0 bridgehead atoms. The second-order valence-corrected chi connectivity index (χ2v) is 10.0. The van der Waals surface area contributed by atoms with Gasteiger partial charge < -0.3 is 15.3 Å². The minimum absolute atomic E-state index is 0.00923. The van der Waals surface area contributed by atoms with Gasteiger partial charge in [-0.1, -0.05) is 66.7 Å². The zero-order valence-electron chi connectivity index (χ0n) is 23.2. The summed E-state index contributed by atoms with van der Waals surface area (Å²) in [5, 5.41) is 12.0. The number of carbonyl (C=O) groups is 3. The highest BCUT2D eigenvalue weighted by Gasteiger charge is 2.26. The van der Waals surface area contributed by atoms with Crippen LogP contribution in [0.5, 0.6) is 0 Å². The largest absolute Gasteiger partial charge is 0.481 e. The van der Waals surface area contributed by atoms with Crippen molar-refractivity contribution < 1.29 is 28.3 Å². The number of carbonyl (C=O) groups excluding carboxylic acids is 2. The number of carboxylic acids is 1. The standard InChI is InChI=1S/C34H32F2N2O4/c1-23(15-16-24-9-3-2-4-10-24)38(20-19-32(39)40)34(42)30-14-8-6-12-28(30)27-11-5-7-13-29(27)33(41)37-22-25-21-26(35)17-18-31(25)36/h2-14,17-18,21,23H,15-16,19-20,22H2,1H3,(H,37,41)(H,39,40). The van der Waals surface area contributed by atoms with E-state index in [1.54, 1.807) is 53.4 Å². The maximum absolute atomic E-state index is 14.1. The number of amides is 2. The topological polar surface area (TPSA) is 86.7 Å². The van der Waals surface area contributed by atoms with Crippen LogP contribution in [0.15, 0.2) is 97.1 Å². The molecule has 8 heteroatoms. The molecule has 1 atom stereocenters. The van der Waals surface area contributed by atoms with Crippen LogP contribution in [0.1, 0.15) is 51.6 Å². The molecule has 2 amide bonds. The quantitative estimate of drug-likeness (QED) is 0.204. The highest BCUT2D eigenvalue weighted by atomic mass is 19.1. The minimum Gasteiger partial charge on any atom is -0.481 e. The van der Waals surface area contributed by atoms with Gasteiger partial charge in [-0.2, -0.15) is 0 Å². The van der Waals surface area contributed by atoms with E-state index in [-0.39, 0.29) is 42.6 Å². The number of halogens is 2. The molecule has 42 heavy (non-hydrogen) atoms. The van der Waals surface area contributed by atoms with Crippen molar-refractivity contribution in [3.63, 3.8) is 0 Å². The van der Waals surface area contributed by atoms with Crippen molar-refractivity contribution in [3.8, 4) is 11.1 Å². The molecule has 0 aliphatic heterocycles. The molecule has 216 valence electrons. The van der Waals surface area contributed by atoms with Gasteiger partial charge in [-0.25, -0.2) is 8.78 Å². The van der Waals surface area contributed by atoms with Gasteiger partial charge in [0.1, 0.15) is 11.6 Å². The van der Waals surface area contributed by atoms with Crippen LogP contribution >= 0.6 is 0 Å². The summed E-state index contributed by atoms with van der Waals surface area (Å²) in [4.78, 5) is 40.3. The first-order valence-corrected chi connectivity index (χ1v) is 13.7. The van der Waals surface area contributed by atoms with Crippen molar-refractivity contribution in [1.29, 1.82) is 0 Å². The summed E-state index contributed by atoms with van der Waals surface area (Å²) in [5.41, 5.74) is 2.69. The lowest BCUT2D eigenvalue weighted by Crippen LogP contribution is -2.40. The number of nitrogens with one attached hydrogen (secondary N) is 1. The van der Waals surface area contributed by atoms with Gasteiger partial charge in [-0.15, -0.1) is 0 Å². The van der Waals surface area contributed by atoms with Crippen LogP contribution in [-0.4, -0.2) is 40.4 Å². The van der Waals surface area contributed by atoms with Gasteiger partial charge in [-0.05, 0) is 66.8 Å². The van der Waals surface area contributed by atoms with Crippen LogP contribution < -0.4 is 5.32 Å². The molecule has 0 aromatic heterocycles. The molecule has 6 nitrogen and oxygen atoms in total. The predicted octanol–water partition coefficient (Wildman–Crippen LogP) is 6.50. The summed E-state index contributed by atoms with van der Waals surface area (Å²) in [6.45, 7) is 1.71. The Morgan fingerprint density at radius 1 is 0.833 bits per heavy atom. The zero-order chi connectivity index (χ0) is 30.1. The van der Waals surface area contributed by atoms with Crippen molar-refractivity contribution in [1.82, 2.24) is 10.2 Å². The van der Waals surface area contributed by atoms with Crippen molar-refractivity contribution >= 4 is 17.8 Å². The van der Waals surface area contributed by atoms with Crippen LogP contribution in [0.4, 0.5) is 8.78 Å². The van der Waals surface area contributed by atoms with Crippen LogP contribution in [0.3, 0.4) is 0 Å². The molecule has 0 saturated carbocycles. The van der Waals surface area contributed by atoms with E-state index in [0.717, 1.165) is 30.2 Å². The summed E-state index contributed by atoms with van der Waals surface area (Å²) < 4.78 is 27.7. The predicted molar refractivity (Wildman–Crippen MR) is 157 cm³/mol. The molecule has 4 aromatic carbocycles. The number of aryl methyl sites for hydroxylation is 1. The molecule has 4 rings (SSSR count). The Kier molecular flexibility index (Phi) is 10.2. The van der Waals surface area contributed by atoms with E-state index >= 15 is 0 Å². The summed E-state index contributed by atoms with van der Waals surface area (Å²) >= 11 is 0. The fourth-order valence-corrected chi connectivity index (χ4v) is 4.84. The van der Waals surface area contributed by atoms with Crippen molar-refractivity contribution in [2.75, 3.05) is 6.54 Å². The second-order valence-electron chi connectivity index (χ2n) is 10.0. The van der Waals surface area contributed by atoms with Crippen molar-refractivity contribution in [2.45, 2.75) is 38.8 Å². The third kappa shape index (κ3) is 7.66. The highest BCUT2D eigenvalue weighted by Crippen LogP contribution is 2.29. The maximum Gasteiger partial charge on any atom is 0.305 e. The third-order valence-corrected chi connectivity index (χ3v) is 7.12. The summed E-state index contributed by atoms with van der Waals surface area (Å²) in [7, 11) is 0. The first kappa shape index (κ1) is 30.1. The van der Waals surface area contributed by atoms with E-state index in [2.05, 4.69) is 5.32 Å². The van der Waals surface area contributed by atoms with E-state index in [0.29, 0.717) is 23.1 Å². The molecule has 4 aromatic rings. The lowest BCUT2D eigenvalue weighted by atomic mass is 9.93. The van der Waals surface area contributed by atoms with Crippen LogP contribution in [-0.2, 0) is 17.8 Å². The first-order chi connectivity index (χ1) is 20.2. The molecule has 0 aliphatic carbocycles.